The van der Waals surface area contributed by atoms with Crippen LogP contribution in [0.4, 0.5) is 0 Å². The van der Waals surface area contributed by atoms with E-state index < -0.39 is 0 Å². The fourth-order valence-corrected chi connectivity index (χ4v) is 2.97. The van der Waals surface area contributed by atoms with Crippen LogP contribution in [-0.2, 0) is 4.79 Å². The smallest absolute Gasteiger partial charge is 0.252 e. The van der Waals surface area contributed by atoms with Crippen LogP contribution in [0.1, 0.15) is 16.8 Å². The molecule has 6 nitrogen and oxygen atoms in total. The van der Waals surface area contributed by atoms with Gasteiger partial charge in [-0.2, -0.15) is 11.8 Å². The van der Waals surface area contributed by atoms with E-state index in [1.165, 1.54) is 6.20 Å². The molecule has 1 atom stereocenters. The van der Waals surface area contributed by atoms with Gasteiger partial charge in [0.25, 0.3) is 5.91 Å². The zero-order chi connectivity index (χ0) is 14.9. The molecule has 1 unspecified atom stereocenters. The van der Waals surface area contributed by atoms with Gasteiger partial charge in [0.15, 0.2) is 0 Å². The molecule has 2 heterocycles. The molecule has 2 amide bonds. The van der Waals surface area contributed by atoms with E-state index in [1.807, 2.05) is 11.8 Å². The molecule has 3 N–H and O–H groups in total. The van der Waals surface area contributed by atoms with Crippen LogP contribution in [0, 0.1) is 0 Å². The highest BCUT2D eigenvalue weighted by atomic mass is 32.2. The summed E-state index contributed by atoms with van der Waals surface area (Å²) in [6, 6.07) is 3.67. The lowest BCUT2D eigenvalue weighted by molar-refractivity contribution is -0.121. The maximum Gasteiger partial charge on any atom is 0.252 e. The minimum atomic E-state index is -0.178. The van der Waals surface area contributed by atoms with Crippen molar-refractivity contribution in [2.24, 2.45) is 0 Å². The van der Waals surface area contributed by atoms with E-state index >= 15 is 0 Å². The second-order valence-corrected chi connectivity index (χ2v) is 5.93. The molecule has 114 valence electrons. The second-order valence-electron chi connectivity index (χ2n) is 4.78. The van der Waals surface area contributed by atoms with E-state index in [2.05, 4.69) is 20.9 Å². The minimum absolute atomic E-state index is 0.0191. The SMILES string of the molecule is O=C(CC1CSCCN1)NCCNC(=O)c1cccnc1. The Morgan fingerprint density at radius 2 is 2.24 bits per heavy atom. The number of nitrogens with one attached hydrogen (secondary N) is 3. The average Bonchev–Trinajstić information content (AvgIpc) is 2.53. The number of aromatic nitrogens is 1. The Morgan fingerprint density at radius 3 is 2.95 bits per heavy atom. The Morgan fingerprint density at radius 1 is 1.38 bits per heavy atom. The summed E-state index contributed by atoms with van der Waals surface area (Å²) < 4.78 is 0. The van der Waals surface area contributed by atoms with Gasteiger partial charge in [-0.15, -0.1) is 0 Å². The van der Waals surface area contributed by atoms with Crippen molar-refractivity contribution in [3.63, 3.8) is 0 Å². The summed E-state index contributed by atoms with van der Waals surface area (Å²) in [6.45, 7) is 1.81. The summed E-state index contributed by atoms with van der Waals surface area (Å²) in [5, 5.41) is 8.88. The predicted molar refractivity (Wildman–Crippen MR) is 83.3 cm³/mol. The third kappa shape index (κ3) is 5.73. The molecule has 0 aliphatic carbocycles. The van der Waals surface area contributed by atoms with Gasteiger partial charge in [0, 0.05) is 56.0 Å². The lowest BCUT2D eigenvalue weighted by atomic mass is 10.2. The van der Waals surface area contributed by atoms with Gasteiger partial charge in [-0.1, -0.05) is 0 Å². The number of hydrogen-bond donors (Lipinski definition) is 3. The van der Waals surface area contributed by atoms with Gasteiger partial charge in [-0.3, -0.25) is 14.6 Å². The van der Waals surface area contributed by atoms with E-state index in [1.54, 1.807) is 18.3 Å². The van der Waals surface area contributed by atoms with Crippen LogP contribution in [0.25, 0.3) is 0 Å². The summed E-state index contributed by atoms with van der Waals surface area (Å²) in [4.78, 5) is 27.4. The number of carbonyl (C=O) groups is 2. The second kappa shape index (κ2) is 8.63. The molecule has 21 heavy (non-hydrogen) atoms. The first-order valence-corrected chi connectivity index (χ1v) is 8.17. The van der Waals surface area contributed by atoms with Crippen molar-refractivity contribution >= 4 is 23.6 Å². The van der Waals surface area contributed by atoms with Gasteiger partial charge in [-0.05, 0) is 12.1 Å². The van der Waals surface area contributed by atoms with Crippen molar-refractivity contribution in [2.75, 3.05) is 31.1 Å². The number of carbonyl (C=O) groups excluding carboxylic acids is 2. The van der Waals surface area contributed by atoms with Crippen LogP contribution in [0.3, 0.4) is 0 Å². The third-order valence-corrected chi connectivity index (χ3v) is 4.22. The van der Waals surface area contributed by atoms with Gasteiger partial charge in [-0.25, -0.2) is 0 Å². The van der Waals surface area contributed by atoms with Crippen LogP contribution in [0.15, 0.2) is 24.5 Å². The zero-order valence-corrected chi connectivity index (χ0v) is 12.6. The molecular weight excluding hydrogens is 288 g/mol. The molecule has 0 bridgehead atoms. The molecule has 0 radical (unpaired) electrons. The first-order valence-electron chi connectivity index (χ1n) is 7.02. The lowest BCUT2D eigenvalue weighted by Gasteiger charge is -2.22. The molecule has 1 fully saturated rings. The predicted octanol–water partition coefficient (Wildman–Crippen LogP) is 0.0227. The minimum Gasteiger partial charge on any atom is -0.354 e. The standard InChI is InChI=1S/C14H20N4O2S/c19-13(8-12-10-21-7-6-16-12)17-4-5-18-14(20)11-2-1-3-15-9-11/h1-3,9,12,16H,4-8,10H2,(H,17,19)(H,18,20). The van der Waals surface area contributed by atoms with E-state index in [9.17, 15) is 9.59 Å². The fraction of sp³-hybridized carbons (Fsp3) is 0.500. The van der Waals surface area contributed by atoms with Crippen LogP contribution in [-0.4, -0.2) is 54.0 Å². The van der Waals surface area contributed by atoms with Crippen molar-refractivity contribution in [1.82, 2.24) is 20.9 Å². The molecular formula is C14H20N4O2S. The summed E-state index contributed by atoms with van der Waals surface area (Å²) in [7, 11) is 0. The molecule has 1 aliphatic rings. The fourth-order valence-electron chi connectivity index (χ4n) is 2.02. The number of pyridine rings is 1. The van der Waals surface area contributed by atoms with Crippen LogP contribution in [0.2, 0.25) is 0 Å². The number of hydrogen-bond acceptors (Lipinski definition) is 5. The number of thioether (sulfide) groups is 1. The highest BCUT2D eigenvalue weighted by Crippen LogP contribution is 2.09. The van der Waals surface area contributed by atoms with Crippen molar-refractivity contribution in [1.29, 1.82) is 0 Å². The Hall–Kier alpha value is -1.60. The summed E-state index contributed by atoms with van der Waals surface area (Å²) in [6.07, 6.45) is 3.62. The Balaban J connectivity index is 1.58. The number of rotatable bonds is 6. The Labute approximate surface area is 128 Å². The largest absolute Gasteiger partial charge is 0.354 e. The summed E-state index contributed by atoms with van der Waals surface area (Å²) in [5.74, 6) is 1.93. The molecule has 1 aliphatic heterocycles. The molecule has 1 saturated heterocycles. The number of nitrogens with zero attached hydrogens (tertiary/aromatic N) is 1. The Bertz CT molecular complexity index is 463. The zero-order valence-electron chi connectivity index (χ0n) is 11.8. The molecule has 0 spiro atoms. The summed E-state index contributed by atoms with van der Waals surface area (Å²) in [5.41, 5.74) is 0.521. The maximum atomic E-state index is 11.7. The van der Waals surface area contributed by atoms with Gasteiger partial charge in [0.1, 0.15) is 0 Å². The average molecular weight is 308 g/mol. The normalized spacial score (nSPS) is 18.0. The summed E-state index contributed by atoms with van der Waals surface area (Å²) >= 11 is 1.87. The number of amides is 2. The lowest BCUT2D eigenvalue weighted by Crippen LogP contribution is -2.42. The third-order valence-electron chi connectivity index (χ3n) is 3.09. The first-order chi connectivity index (χ1) is 10.3. The quantitative estimate of drug-likeness (QED) is 0.646. The molecule has 1 aromatic rings. The van der Waals surface area contributed by atoms with Crippen LogP contribution < -0.4 is 16.0 Å². The van der Waals surface area contributed by atoms with Gasteiger partial charge >= 0.3 is 0 Å². The van der Waals surface area contributed by atoms with Crippen molar-refractivity contribution < 1.29 is 9.59 Å². The van der Waals surface area contributed by atoms with Crippen LogP contribution >= 0.6 is 11.8 Å². The van der Waals surface area contributed by atoms with E-state index in [4.69, 9.17) is 0 Å². The molecule has 0 aromatic carbocycles. The van der Waals surface area contributed by atoms with Gasteiger partial charge in [0.2, 0.25) is 5.91 Å². The van der Waals surface area contributed by atoms with Crippen LogP contribution in [0.5, 0.6) is 0 Å². The van der Waals surface area contributed by atoms with E-state index in [-0.39, 0.29) is 17.9 Å². The van der Waals surface area contributed by atoms with E-state index in [0.29, 0.717) is 25.1 Å². The first kappa shape index (κ1) is 15.8. The van der Waals surface area contributed by atoms with Gasteiger partial charge < -0.3 is 16.0 Å². The molecule has 7 heteroatoms. The highest BCUT2D eigenvalue weighted by molar-refractivity contribution is 7.99. The topological polar surface area (TPSA) is 83.1 Å². The monoisotopic (exact) mass is 308 g/mol. The van der Waals surface area contributed by atoms with Crippen molar-refractivity contribution in [3.8, 4) is 0 Å². The molecule has 0 saturated carbocycles. The van der Waals surface area contributed by atoms with E-state index in [0.717, 1.165) is 18.1 Å². The molecule has 1 aromatic heterocycles. The van der Waals surface area contributed by atoms with Crippen molar-refractivity contribution in [3.05, 3.63) is 30.1 Å². The van der Waals surface area contributed by atoms with Gasteiger partial charge in [0.05, 0.1) is 5.56 Å². The Kier molecular flexibility index (Phi) is 6.49. The van der Waals surface area contributed by atoms with Crippen molar-refractivity contribution in [2.45, 2.75) is 12.5 Å². The maximum absolute atomic E-state index is 11.7. The highest BCUT2D eigenvalue weighted by Gasteiger charge is 2.16. The molecule has 2 rings (SSSR count).